The Morgan fingerprint density at radius 2 is 2.39 bits per heavy atom. The minimum Gasteiger partial charge on any atom is -0.322 e. The van der Waals surface area contributed by atoms with Gasteiger partial charge in [0.05, 0.1) is 27.5 Å². The number of hydrogen-bond acceptors (Lipinski definition) is 4. The van der Waals surface area contributed by atoms with E-state index in [0.717, 1.165) is 10.2 Å². The Hall–Kier alpha value is -1.43. The number of anilines is 1. The standard InChI is InChI=1S/C12H12ClN3OS/c1-2-5-14-6-10(17)16-11-8(13)3-4-9-12(11)15-7-18-9/h2-4,7,14H,1,5-6H2,(H,16,17). The summed E-state index contributed by atoms with van der Waals surface area (Å²) in [6, 6.07) is 3.65. The predicted molar refractivity (Wildman–Crippen MR) is 76.3 cm³/mol. The van der Waals surface area contributed by atoms with Gasteiger partial charge in [0.15, 0.2) is 0 Å². The van der Waals surface area contributed by atoms with Crippen LogP contribution in [-0.2, 0) is 4.79 Å². The highest BCUT2D eigenvalue weighted by Gasteiger charge is 2.11. The third-order valence-electron chi connectivity index (χ3n) is 2.29. The van der Waals surface area contributed by atoms with Gasteiger partial charge < -0.3 is 10.6 Å². The highest BCUT2D eigenvalue weighted by atomic mass is 35.5. The number of nitrogens with one attached hydrogen (secondary N) is 2. The molecule has 18 heavy (non-hydrogen) atoms. The van der Waals surface area contributed by atoms with Crippen LogP contribution in [0.15, 0.2) is 30.3 Å². The molecular weight excluding hydrogens is 270 g/mol. The Morgan fingerprint density at radius 1 is 1.56 bits per heavy atom. The molecule has 0 aliphatic carbocycles. The molecule has 0 bridgehead atoms. The van der Waals surface area contributed by atoms with Gasteiger partial charge in [-0.3, -0.25) is 4.79 Å². The molecule has 1 amide bonds. The van der Waals surface area contributed by atoms with Gasteiger partial charge >= 0.3 is 0 Å². The summed E-state index contributed by atoms with van der Waals surface area (Å²) < 4.78 is 0.994. The van der Waals surface area contributed by atoms with Crippen LogP contribution in [0, 0.1) is 0 Å². The average molecular weight is 282 g/mol. The smallest absolute Gasteiger partial charge is 0.238 e. The fourth-order valence-corrected chi connectivity index (χ4v) is 2.38. The van der Waals surface area contributed by atoms with E-state index in [0.29, 0.717) is 17.3 Å². The van der Waals surface area contributed by atoms with Gasteiger partial charge in [-0.2, -0.15) is 0 Å². The van der Waals surface area contributed by atoms with Crippen LogP contribution in [0.4, 0.5) is 5.69 Å². The number of hydrogen-bond donors (Lipinski definition) is 2. The van der Waals surface area contributed by atoms with Crippen molar-refractivity contribution in [1.29, 1.82) is 0 Å². The number of carbonyl (C=O) groups is 1. The zero-order chi connectivity index (χ0) is 13.0. The van der Waals surface area contributed by atoms with Crippen LogP contribution in [0.2, 0.25) is 5.02 Å². The van der Waals surface area contributed by atoms with E-state index in [4.69, 9.17) is 11.6 Å². The highest BCUT2D eigenvalue weighted by molar-refractivity contribution is 7.16. The molecule has 94 valence electrons. The fraction of sp³-hybridized carbons (Fsp3) is 0.167. The van der Waals surface area contributed by atoms with E-state index >= 15 is 0 Å². The number of halogens is 1. The third-order valence-corrected chi connectivity index (χ3v) is 3.40. The average Bonchev–Trinajstić information content (AvgIpc) is 2.82. The number of aromatic nitrogens is 1. The van der Waals surface area contributed by atoms with Gasteiger partial charge in [0.25, 0.3) is 0 Å². The van der Waals surface area contributed by atoms with Crippen molar-refractivity contribution in [2.75, 3.05) is 18.4 Å². The first-order valence-corrected chi connectivity index (χ1v) is 6.61. The van der Waals surface area contributed by atoms with E-state index in [1.165, 1.54) is 11.3 Å². The van der Waals surface area contributed by atoms with Crippen molar-refractivity contribution >= 4 is 44.7 Å². The molecule has 2 rings (SSSR count). The molecule has 0 atom stereocenters. The second-order valence-corrected chi connectivity index (χ2v) is 4.88. The molecular formula is C12H12ClN3OS. The van der Waals surface area contributed by atoms with Crippen LogP contribution in [0.5, 0.6) is 0 Å². The largest absolute Gasteiger partial charge is 0.322 e. The second-order valence-electron chi connectivity index (χ2n) is 3.59. The summed E-state index contributed by atoms with van der Waals surface area (Å²) in [7, 11) is 0. The Kier molecular flexibility index (Phi) is 4.30. The number of thiazole rings is 1. The molecule has 0 aliphatic heterocycles. The monoisotopic (exact) mass is 281 g/mol. The Labute approximate surface area is 114 Å². The number of rotatable bonds is 5. The van der Waals surface area contributed by atoms with Crippen LogP contribution in [0.1, 0.15) is 0 Å². The summed E-state index contributed by atoms with van der Waals surface area (Å²) in [5.74, 6) is -0.153. The minimum atomic E-state index is -0.153. The van der Waals surface area contributed by atoms with Crippen molar-refractivity contribution in [3.63, 3.8) is 0 Å². The number of nitrogens with zero attached hydrogens (tertiary/aromatic N) is 1. The fourth-order valence-electron chi connectivity index (χ4n) is 1.50. The number of benzene rings is 1. The van der Waals surface area contributed by atoms with E-state index in [1.54, 1.807) is 17.7 Å². The quantitative estimate of drug-likeness (QED) is 0.654. The van der Waals surface area contributed by atoms with Crippen LogP contribution in [0.3, 0.4) is 0 Å². The summed E-state index contributed by atoms with van der Waals surface area (Å²) in [5.41, 5.74) is 3.03. The van der Waals surface area contributed by atoms with Gasteiger partial charge in [-0.15, -0.1) is 17.9 Å². The maximum Gasteiger partial charge on any atom is 0.238 e. The van der Waals surface area contributed by atoms with Crippen molar-refractivity contribution in [2.45, 2.75) is 0 Å². The Bertz CT molecular complexity index is 582. The summed E-state index contributed by atoms with van der Waals surface area (Å²) in [6.07, 6.45) is 1.70. The van der Waals surface area contributed by atoms with Crippen molar-refractivity contribution in [3.05, 3.63) is 35.3 Å². The summed E-state index contributed by atoms with van der Waals surface area (Å²) in [4.78, 5) is 15.9. The molecule has 0 saturated carbocycles. The lowest BCUT2D eigenvalue weighted by molar-refractivity contribution is -0.115. The van der Waals surface area contributed by atoms with Crippen molar-refractivity contribution in [2.24, 2.45) is 0 Å². The summed E-state index contributed by atoms with van der Waals surface area (Å²) in [5, 5.41) is 6.19. The van der Waals surface area contributed by atoms with Crippen LogP contribution < -0.4 is 10.6 Å². The SMILES string of the molecule is C=CCNCC(=O)Nc1c(Cl)ccc2scnc12. The summed E-state index contributed by atoms with van der Waals surface area (Å²) in [6.45, 7) is 4.36. The molecule has 2 N–H and O–H groups in total. The molecule has 0 spiro atoms. The van der Waals surface area contributed by atoms with Crippen LogP contribution in [-0.4, -0.2) is 24.0 Å². The second kappa shape index (κ2) is 5.95. The van der Waals surface area contributed by atoms with Gasteiger partial charge in [-0.25, -0.2) is 4.98 Å². The first-order chi connectivity index (χ1) is 8.72. The lowest BCUT2D eigenvalue weighted by Gasteiger charge is -2.08. The zero-order valence-corrected chi connectivity index (χ0v) is 11.1. The molecule has 0 unspecified atom stereocenters. The topological polar surface area (TPSA) is 54.0 Å². The predicted octanol–water partition coefficient (Wildman–Crippen LogP) is 2.66. The van der Waals surface area contributed by atoms with Crippen LogP contribution in [0.25, 0.3) is 10.2 Å². The minimum absolute atomic E-state index is 0.153. The molecule has 1 aromatic heterocycles. The van der Waals surface area contributed by atoms with E-state index in [1.807, 2.05) is 6.07 Å². The molecule has 0 aliphatic rings. The lowest BCUT2D eigenvalue weighted by Crippen LogP contribution is -2.28. The normalized spacial score (nSPS) is 10.5. The van der Waals surface area contributed by atoms with E-state index in [9.17, 15) is 4.79 Å². The van der Waals surface area contributed by atoms with Gasteiger partial charge in [0.1, 0.15) is 5.52 Å². The molecule has 0 radical (unpaired) electrons. The van der Waals surface area contributed by atoms with Crippen molar-refractivity contribution < 1.29 is 4.79 Å². The van der Waals surface area contributed by atoms with Gasteiger partial charge in [-0.1, -0.05) is 17.7 Å². The Morgan fingerprint density at radius 3 is 3.17 bits per heavy atom. The molecule has 1 heterocycles. The first-order valence-electron chi connectivity index (χ1n) is 5.35. The number of amides is 1. The molecule has 6 heteroatoms. The lowest BCUT2D eigenvalue weighted by atomic mass is 10.3. The van der Waals surface area contributed by atoms with Gasteiger partial charge in [0, 0.05) is 6.54 Å². The van der Waals surface area contributed by atoms with E-state index in [-0.39, 0.29) is 12.5 Å². The molecule has 2 aromatic rings. The van der Waals surface area contributed by atoms with Crippen LogP contribution >= 0.6 is 22.9 Å². The zero-order valence-electron chi connectivity index (χ0n) is 9.57. The maximum atomic E-state index is 11.7. The third kappa shape index (κ3) is 2.87. The van der Waals surface area contributed by atoms with Crippen molar-refractivity contribution in [3.8, 4) is 0 Å². The van der Waals surface area contributed by atoms with Gasteiger partial charge in [0.2, 0.25) is 5.91 Å². The molecule has 1 aromatic carbocycles. The van der Waals surface area contributed by atoms with E-state index < -0.39 is 0 Å². The Balaban J connectivity index is 2.15. The number of fused-ring (bicyclic) bond motifs is 1. The maximum absolute atomic E-state index is 11.7. The summed E-state index contributed by atoms with van der Waals surface area (Å²) >= 11 is 7.59. The number of carbonyl (C=O) groups excluding carboxylic acids is 1. The molecule has 4 nitrogen and oxygen atoms in total. The highest BCUT2D eigenvalue weighted by Crippen LogP contribution is 2.32. The van der Waals surface area contributed by atoms with Crippen molar-refractivity contribution in [1.82, 2.24) is 10.3 Å². The van der Waals surface area contributed by atoms with E-state index in [2.05, 4.69) is 22.2 Å². The molecule has 0 saturated heterocycles. The van der Waals surface area contributed by atoms with Gasteiger partial charge in [-0.05, 0) is 12.1 Å². The first kappa shape index (κ1) is 13.0. The molecule has 0 fully saturated rings.